The number of halogens is 1. The average molecular weight is 614 g/mol. The number of rotatable bonds is 7. The van der Waals surface area contributed by atoms with Gasteiger partial charge in [0.25, 0.3) is 11.5 Å². The summed E-state index contributed by atoms with van der Waals surface area (Å²) in [5.74, 6) is -0.0462. The number of benzene rings is 2. The molecule has 0 aliphatic heterocycles. The van der Waals surface area contributed by atoms with Gasteiger partial charge in [0.15, 0.2) is 16.7 Å². The van der Waals surface area contributed by atoms with Crippen molar-refractivity contribution in [1.29, 1.82) is 0 Å². The molecule has 8 nitrogen and oxygen atoms in total. The number of hydrazone groups is 1. The predicted octanol–water partition coefficient (Wildman–Crippen LogP) is 5.35. The molecule has 2 heterocycles. The van der Waals surface area contributed by atoms with Crippen molar-refractivity contribution in [3.05, 3.63) is 72.8 Å². The molecular weight excluding hydrogens is 588 g/mol. The van der Waals surface area contributed by atoms with Crippen LogP contribution in [0.5, 0.6) is 11.5 Å². The topological polar surface area (TPSA) is 106 Å². The molecule has 2 aromatic heterocycles. The van der Waals surface area contributed by atoms with Crippen LogP contribution in [0.15, 0.2) is 55.9 Å². The third kappa shape index (κ3) is 5.36. The minimum atomic E-state index is -0.341. The van der Waals surface area contributed by atoms with E-state index >= 15 is 0 Å². The first kappa shape index (κ1) is 26.5. The molecule has 1 aliphatic carbocycles. The number of carbonyl (C=O) groups excluding carboxylic acids is 1. The van der Waals surface area contributed by atoms with Crippen molar-refractivity contribution in [3.63, 3.8) is 0 Å². The summed E-state index contributed by atoms with van der Waals surface area (Å²) < 4.78 is 7.20. The van der Waals surface area contributed by atoms with Crippen molar-refractivity contribution in [1.82, 2.24) is 15.0 Å². The Labute approximate surface area is 235 Å². The number of nitrogens with one attached hydrogen (secondary N) is 1. The largest absolute Gasteiger partial charge is 0.503 e. The molecule has 0 atom stereocenters. The molecule has 0 spiro atoms. The number of phenolic OH excluding ortho intramolecular Hbond substituents is 1. The van der Waals surface area contributed by atoms with E-state index in [0.29, 0.717) is 20.6 Å². The third-order valence-corrected chi connectivity index (χ3v) is 8.98. The van der Waals surface area contributed by atoms with Crippen molar-refractivity contribution in [2.75, 3.05) is 12.9 Å². The molecule has 2 aromatic carbocycles. The molecule has 38 heavy (non-hydrogen) atoms. The van der Waals surface area contributed by atoms with Crippen LogP contribution in [0.3, 0.4) is 0 Å². The molecule has 0 radical (unpaired) electrons. The van der Waals surface area contributed by atoms with E-state index in [1.807, 2.05) is 31.2 Å². The van der Waals surface area contributed by atoms with Crippen molar-refractivity contribution >= 4 is 61.4 Å². The van der Waals surface area contributed by atoms with Crippen molar-refractivity contribution < 1.29 is 14.6 Å². The number of thiophene rings is 1. The number of carbonyl (C=O) groups is 1. The summed E-state index contributed by atoms with van der Waals surface area (Å²) in [5.41, 5.74) is 5.99. The number of aromatic nitrogens is 2. The molecule has 5 rings (SSSR count). The lowest BCUT2D eigenvalue weighted by Gasteiger charge is -2.13. The highest BCUT2D eigenvalue weighted by Gasteiger charge is 2.23. The number of phenols is 1. The summed E-state index contributed by atoms with van der Waals surface area (Å²) in [6, 6.07) is 11.0. The predicted molar refractivity (Wildman–Crippen MR) is 155 cm³/mol. The van der Waals surface area contributed by atoms with Gasteiger partial charge in [-0.3, -0.25) is 14.2 Å². The Balaban J connectivity index is 1.40. The molecular formula is C27H25BrN4O4S2. The van der Waals surface area contributed by atoms with E-state index in [4.69, 9.17) is 9.72 Å². The maximum Gasteiger partial charge on any atom is 0.267 e. The maximum atomic E-state index is 13.8. The Hall–Kier alpha value is -3.15. The number of hydrogen-bond donors (Lipinski definition) is 2. The fraction of sp³-hybridized carbons (Fsp3) is 0.259. The van der Waals surface area contributed by atoms with Gasteiger partial charge in [0, 0.05) is 4.88 Å². The highest BCUT2D eigenvalue weighted by atomic mass is 79.9. The van der Waals surface area contributed by atoms with Crippen LogP contribution in [0.4, 0.5) is 0 Å². The normalized spacial score (nSPS) is 13.1. The van der Waals surface area contributed by atoms with Crippen LogP contribution in [0.2, 0.25) is 0 Å². The number of nitrogens with zero attached hydrogens (tertiary/aromatic N) is 3. The number of aryl methyl sites for hydroxylation is 3. The van der Waals surface area contributed by atoms with Crippen LogP contribution in [0.25, 0.3) is 15.9 Å². The molecule has 11 heteroatoms. The van der Waals surface area contributed by atoms with Gasteiger partial charge in [-0.05, 0) is 83.9 Å². The van der Waals surface area contributed by atoms with Gasteiger partial charge in [-0.15, -0.1) is 11.3 Å². The van der Waals surface area contributed by atoms with Gasteiger partial charge in [-0.25, -0.2) is 10.4 Å². The number of amides is 1. The highest BCUT2D eigenvalue weighted by Crippen LogP contribution is 2.36. The smallest absolute Gasteiger partial charge is 0.267 e. The molecule has 1 aliphatic rings. The van der Waals surface area contributed by atoms with Crippen LogP contribution in [-0.4, -0.2) is 39.6 Å². The number of fused-ring (bicyclic) bond motifs is 3. The molecule has 4 aromatic rings. The maximum absolute atomic E-state index is 13.8. The zero-order valence-electron chi connectivity index (χ0n) is 20.8. The Morgan fingerprint density at radius 1 is 1.29 bits per heavy atom. The standard InChI is InChI=1S/C27H25BrN4O4S2/c1-15-7-9-17(10-8-15)32-26(35)23-18-5-3-4-6-21(18)38-25(23)30-27(32)37-14-22(33)31-29-13-16-11-19(28)24(34)20(12-16)36-2/h7-13,34H,3-6,14H2,1-2H3,(H,31,33)/b29-13-. The van der Waals surface area contributed by atoms with Crippen molar-refractivity contribution in [2.45, 2.75) is 37.8 Å². The fourth-order valence-electron chi connectivity index (χ4n) is 4.37. The number of aromatic hydroxyl groups is 1. The van der Waals surface area contributed by atoms with Crippen molar-refractivity contribution in [2.24, 2.45) is 5.10 Å². The van der Waals surface area contributed by atoms with Crippen molar-refractivity contribution in [3.8, 4) is 17.2 Å². The summed E-state index contributed by atoms with van der Waals surface area (Å²) in [7, 11) is 1.45. The quantitative estimate of drug-likeness (QED) is 0.126. The second-order valence-electron chi connectivity index (χ2n) is 8.90. The zero-order valence-corrected chi connectivity index (χ0v) is 24.0. The van der Waals surface area contributed by atoms with Crippen LogP contribution in [0, 0.1) is 6.92 Å². The first-order chi connectivity index (χ1) is 18.4. The van der Waals surface area contributed by atoms with Gasteiger partial charge in [-0.1, -0.05) is 29.5 Å². The van der Waals surface area contributed by atoms with E-state index in [1.165, 1.54) is 30.0 Å². The highest BCUT2D eigenvalue weighted by molar-refractivity contribution is 9.10. The average Bonchev–Trinajstić information content (AvgIpc) is 3.29. The summed E-state index contributed by atoms with van der Waals surface area (Å²) in [6.45, 7) is 2.00. The molecule has 0 unspecified atom stereocenters. The van der Waals surface area contributed by atoms with Gasteiger partial charge in [0.2, 0.25) is 0 Å². The number of ether oxygens (including phenoxy) is 1. The van der Waals surface area contributed by atoms with Gasteiger partial charge in [0.1, 0.15) is 4.83 Å². The lowest BCUT2D eigenvalue weighted by molar-refractivity contribution is -0.118. The van der Waals surface area contributed by atoms with Crippen LogP contribution >= 0.6 is 39.0 Å². The minimum absolute atomic E-state index is 0.0132. The van der Waals surface area contributed by atoms with Gasteiger partial charge < -0.3 is 9.84 Å². The number of hydrogen-bond acceptors (Lipinski definition) is 8. The van der Waals surface area contributed by atoms with Gasteiger partial charge in [-0.2, -0.15) is 5.10 Å². The van der Waals surface area contributed by atoms with Crippen LogP contribution in [-0.2, 0) is 17.6 Å². The Bertz CT molecular complexity index is 1610. The first-order valence-corrected chi connectivity index (χ1v) is 14.6. The summed E-state index contributed by atoms with van der Waals surface area (Å²) in [5, 5.41) is 15.1. The molecule has 0 bridgehead atoms. The fourth-order valence-corrected chi connectivity index (χ4v) is 6.94. The van der Waals surface area contributed by atoms with E-state index in [9.17, 15) is 14.7 Å². The third-order valence-electron chi connectivity index (χ3n) is 6.26. The number of methoxy groups -OCH3 is 1. The first-order valence-electron chi connectivity index (χ1n) is 12.0. The van der Waals surface area contributed by atoms with E-state index in [-0.39, 0.29) is 28.7 Å². The van der Waals surface area contributed by atoms with Gasteiger partial charge in [0.05, 0.1) is 34.6 Å². The Kier molecular flexibility index (Phi) is 7.87. The molecule has 0 saturated carbocycles. The molecule has 196 valence electrons. The lowest BCUT2D eigenvalue weighted by atomic mass is 9.97. The van der Waals surface area contributed by atoms with E-state index < -0.39 is 0 Å². The summed E-state index contributed by atoms with van der Waals surface area (Å²) in [4.78, 5) is 33.3. The Morgan fingerprint density at radius 2 is 2.05 bits per heavy atom. The summed E-state index contributed by atoms with van der Waals surface area (Å²) in [6.07, 6.45) is 5.54. The second-order valence-corrected chi connectivity index (χ2v) is 11.8. The van der Waals surface area contributed by atoms with Gasteiger partial charge >= 0.3 is 0 Å². The van der Waals surface area contributed by atoms with Crippen LogP contribution < -0.4 is 15.7 Å². The monoisotopic (exact) mass is 612 g/mol. The molecule has 1 amide bonds. The molecule has 0 saturated heterocycles. The molecule has 2 N–H and O–H groups in total. The Morgan fingerprint density at radius 3 is 2.82 bits per heavy atom. The van der Waals surface area contributed by atoms with E-state index in [0.717, 1.165) is 47.3 Å². The zero-order chi connectivity index (χ0) is 26.8. The van der Waals surface area contributed by atoms with E-state index in [1.54, 1.807) is 28.0 Å². The second kappa shape index (κ2) is 11.3. The van der Waals surface area contributed by atoms with Crippen LogP contribution in [0.1, 0.15) is 34.4 Å². The summed E-state index contributed by atoms with van der Waals surface area (Å²) >= 11 is 6.05. The molecule has 0 fully saturated rings. The minimum Gasteiger partial charge on any atom is -0.503 e. The van der Waals surface area contributed by atoms with E-state index in [2.05, 4.69) is 26.5 Å². The SMILES string of the molecule is COc1cc(/C=N\NC(=O)CSc2nc3sc4c(c3c(=O)n2-c2ccc(C)cc2)CCCC4)cc(Br)c1O. The number of thioether (sulfide) groups is 1. The lowest BCUT2D eigenvalue weighted by Crippen LogP contribution is -2.24.